The normalized spacial score (nSPS) is 16.4. The standard InChI is InChI=1S/C26H30F3N5O/c1-4-33(5-2)19-12-13-20(17(3)15-19)32-25(35)18-9-8-14-34(16-18)24-23(26(27,28)29)30-21-10-6-7-11-22(21)31-24/h6-7,10-13,15,18H,4-5,8-9,14,16H2,1-3H3,(H,32,35)/t18-/m0/s1. The molecule has 1 aliphatic rings. The van der Waals surface area contributed by atoms with Crippen LogP contribution in [0.25, 0.3) is 11.0 Å². The number of amides is 1. The highest BCUT2D eigenvalue weighted by Gasteiger charge is 2.40. The van der Waals surface area contributed by atoms with E-state index in [1.165, 1.54) is 6.07 Å². The molecule has 1 fully saturated rings. The first kappa shape index (κ1) is 24.8. The summed E-state index contributed by atoms with van der Waals surface area (Å²) in [5.74, 6) is -0.871. The minimum Gasteiger partial charge on any atom is -0.372 e. The first-order chi connectivity index (χ1) is 16.7. The molecule has 4 rings (SSSR count). The lowest BCUT2D eigenvalue weighted by molar-refractivity contribution is -0.140. The van der Waals surface area contributed by atoms with Crippen LogP contribution in [0.4, 0.5) is 30.4 Å². The summed E-state index contributed by atoms with van der Waals surface area (Å²) in [4.78, 5) is 25.1. The summed E-state index contributed by atoms with van der Waals surface area (Å²) >= 11 is 0. The predicted octanol–water partition coefficient (Wildman–Crippen LogP) is 5.66. The number of hydrogen-bond acceptors (Lipinski definition) is 5. The summed E-state index contributed by atoms with van der Waals surface area (Å²) in [5.41, 5.74) is 2.31. The Labute approximate surface area is 203 Å². The maximum Gasteiger partial charge on any atom is 0.437 e. The third kappa shape index (κ3) is 5.33. The van der Waals surface area contributed by atoms with Crippen molar-refractivity contribution in [3.8, 4) is 0 Å². The van der Waals surface area contributed by atoms with Gasteiger partial charge in [-0.3, -0.25) is 4.79 Å². The van der Waals surface area contributed by atoms with Crippen LogP contribution in [0.5, 0.6) is 0 Å². The topological polar surface area (TPSA) is 61.4 Å². The molecule has 0 bridgehead atoms. The summed E-state index contributed by atoms with van der Waals surface area (Å²) < 4.78 is 41.5. The van der Waals surface area contributed by atoms with E-state index >= 15 is 0 Å². The molecular weight excluding hydrogens is 455 g/mol. The van der Waals surface area contributed by atoms with E-state index in [1.807, 2.05) is 25.1 Å². The summed E-state index contributed by atoms with van der Waals surface area (Å²) in [6.45, 7) is 8.43. The first-order valence-electron chi connectivity index (χ1n) is 12.0. The molecule has 2 aromatic carbocycles. The van der Waals surface area contributed by atoms with Crippen molar-refractivity contribution in [3.05, 3.63) is 53.7 Å². The summed E-state index contributed by atoms with van der Waals surface area (Å²) in [6, 6.07) is 12.4. The van der Waals surface area contributed by atoms with Crippen molar-refractivity contribution in [2.75, 3.05) is 41.3 Å². The Hall–Kier alpha value is -3.36. The second kappa shape index (κ2) is 10.1. The Bertz CT molecular complexity index is 1210. The molecule has 1 aromatic heterocycles. The number of anilines is 3. The zero-order valence-electron chi connectivity index (χ0n) is 20.2. The monoisotopic (exact) mass is 485 g/mol. The Balaban J connectivity index is 1.55. The predicted molar refractivity (Wildman–Crippen MR) is 133 cm³/mol. The van der Waals surface area contributed by atoms with Crippen LogP contribution in [0.2, 0.25) is 0 Å². The van der Waals surface area contributed by atoms with Crippen LogP contribution in [0.1, 0.15) is 37.9 Å². The molecule has 0 saturated carbocycles. The number of halogens is 3. The molecule has 1 aliphatic heterocycles. The first-order valence-corrected chi connectivity index (χ1v) is 12.0. The molecule has 186 valence electrons. The molecule has 1 N–H and O–H groups in total. The van der Waals surface area contributed by atoms with Crippen molar-refractivity contribution in [2.45, 2.75) is 39.8 Å². The number of carbonyl (C=O) groups is 1. The number of benzene rings is 2. The average Bonchev–Trinajstić information content (AvgIpc) is 2.85. The maximum absolute atomic E-state index is 13.8. The van der Waals surface area contributed by atoms with Gasteiger partial charge in [0.2, 0.25) is 5.91 Å². The number of fused-ring (bicyclic) bond motifs is 1. The van der Waals surface area contributed by atoms with E-state index in [-0.39, 0.29) is 23.8 Å². The fourth-order valence-corrected chi connectivity index (χ4v) is 4.59. The van der Waals surface area contributed by atoms with Crippen molar-refractivity contribution >= 4 is 34.1 Å². The van der Waals surface area contributed by atoms with Crippen molar-refractivity contribution < 1.29 is 18.0 Å². The molecule has 1 atom stereocenters. The van der Waals surface area contributed by atoms with Crippen LogP contribution in [-0.4, -0.2) is 42.1 Å². The number of aryl methyl sites for hydroxylation is 1. The van der Waals surface area contributed by atoms with Gasteiger partial charge in [-0.1, -0.05) is 12.1 Å². The Kier molecular flexibility index (Phi) is 7.14. The molecule has 0 aliphatic carbocycles. The molecule has 3 aromatic rings. The third-order valence-electron chi connectivity index (χ3n) is 6.51. The van der Waals surface area contributed by atoms with Gasteiger partial charge in [0.1, 0.15) is 0 Å². The number of para-hydroxylation sites is 2. The smallest absolute Gasteiger partial charge is 0.372 e. The number of nitrogens with zero attached hydrogens (tertiary/aromatic N) is 4. The second-order valence-corrected chi connectivity index (χ2v) is 8.83. The summed E-state index contributed by atoms with van der Waals surface area (Å²) in [7, 11) is 0. The van der Waals surface area contributed by atoms with Gasteiger partial charge in [0.25, 0.3) is 0 Å². The largest absolute Gasteiger partial charge is 0.437 e. The van der Waals surface area contributed by atoms with E-state index in [1.54, 1.807) is 23.1 Å². The van der Waals surface area contributed by atoms with Crippen molar-refractivity contribution in [3.63, 3.8) is 0 Å². The molecule has 6 nitrogen and oxygen atoms in total. The van der Waals surface area contributed by atoms with E-state index < -0.39 is 17.8 Å². The zero-order valence-corrected chi connectivity index (χ0v) is 20.2. The Morgan fingerprint density at radius 1 is 1.11 bits per heavy atom. The molecule has 0 spiro atoms. The fourth-order valence-electron chi connectivity index (χ4n) is 4.59. The Morgan fingerprint density at radius 3 is 2.43 bits per heavy atom. The molecule has 9 heteroatoms. The van der Waals surface area contributed by atoms with E-state index in [4.69, 9.17) is 0 Å². The van der Waals surface area contributed by atoms with Crippen LogP contribution in [0.3, 0.4) is 0 Å². The van der Waals surface area contributed by atoms with Gasteiger partial charge in [-0.05, 0) is 69.5 Å². The zero-order chi connectivity index (χ0) is 25.2. The highest BCUT2D eigenvalue weighted by Crippen LogP contribution is 2.37. The average molecular weight is 486 g/mol. The van der Waals surface area contributed by atoms with Crippen molar-refractivity contribution in [1.82, 2.24) is 9.97 Å². The van der Waals surface area contributed by atoms with Gasteiger partial charge in [0.15, 0.2) is 11.5 Å². The third-order valence-corrected chi connectivity index (χ3v) is 6.51. The lowest BCUT2D eigenvalue weighted by Crippen LogP contribution is -2.42. The molecule has 1 saturated heterocycles. The number of hydrogen-bond donors (Lipinski definition) is 1. The van der Waals surface area contributed by atoms with Crippen LogP contribution in [0.15, 0.2) is 42.5 Å². The van der Waals surface area contributed by atoms with Gasteiger partial charge in [-0.25, -0.2) is 9.97 Å². The summed E-state index contributed by atoms with van der Waals surface area (Å²) in [5, 5.41) is 2.99. The minimum atomic E-state index is -4.65. The van der Waals surface area contributed by atoms with E-state index in [9.17, 15) is 18.0 Å². The molecule has 0 radical (unpaired) electrons. The Morgan fingerprint density at radius 2 is 1.80 bits per heavy atom. The van der Waals surface area contributed by atoms with Crippen LogP contribution in [-0.2, 0) is 11.0 Å². The van der Waals surface area contributed by atoms with Gasteiger partial charge in [-0.15, -0.1) is 0 Å². The number of piperidine rings is 1. The minimum absolute atomic E-state index is 0.151. The lowest BCUT2D eigenvalue weighted by atomic mass is 9.96. The van der Waals surface area contributed by atoms with Gasteiger partial charge in [0.05, 0.1) is 17.0 Å². The van der Waals surface area contributed by atoms with E-state index in [0.29, 0.717) is 30.6 Å². The molecule has 0 unspecified atom stereocenters. The van der Waals surface area contributed by atoms with Crippen molar-refractivity contribution in [1.29, 1.82) is 0 Å². The number of carbonyl (C=O) groups excluding carboxylic acids is 1. The SMILES string of the molecule is CCN(CC)c1ccc(NC(=O)[C@H]2CCCN(c3nc4ccccc4nc3C(F)(F)F)C2)c(C)c1. The van der Waals surface area contributed by atoms with E-state index in [0.717, 1.165) is 24.3 Å². The van der Waals surface area contributed by atoms with Crippen molar-refractivity contribution in [2.24, 2.45) is 5.92 Å². The van der Waals surface area contributed by atoms with Crippen LogP contribution < -0.4 is 15.1 Å². The second-order valence-electron chi connectivity index (χ2n) is 8.83. The quantitative estimate of drug-likeness (QED) is 0.488. The summed E-state index contributed by atoms with van der Waals surface area (Å²) in [6.07, 6.45) is -3.46. The lowest BCUT2D eigenvalue weighted by Gasteiger charge is -2.34. The van der Waals surface area contributed by atoms with Gasteiger partial charge >= 0.3 is 6.18 Å². The fraction of sp³-hybridized carbons (Fsp3) is 0.423. The molecule has 35 heavy (non-hydrogen) atoms. The van der Waals surface area contributed by atoms with Gasteiger partial charge in [0, 0.05) is 37.6 Å². The van der Waals surface area contributed by atoms with Crippen LogP contribution >= 0.6 is 0 Å². The highest BCUT2D eigenvalue weighted by molar-refractivity contribution is 5.94. The number of aromatic nitrogens is 2. The number of rotatable bonds is 6. The molecule has 1 amide bonds. The van der Waals surface area contributed by atoms with Gasteiger partial charge in [-0.2, -0.15) is 13.2 Å². The van der Waals surface area contributed by atoms with E-state index in [2.05, 4.69) is 34.0 Å². The highest BCUT2D eigenvalue weighted by atomic mass is 19.4. The van der Waals surface area contributed by atoms with Crippen LogP contribution in [0, 0.1) is 12.8 Å². The molecule has 2 heterocycles. The number of nitrogens with one attached hydrogen (secondary N) is 1. The number of alkyl halides is 3. The maximum atomic E-state index is 13.8. The molecular formula is C26H30F3N5O. The van der Waals surface area contributed by atoms with Gasteiger partial charge < -0.3 is 15.1 Å².